The average Bonchev–Trinajstić information content (AvgIpc) is 3.32. The minimum absolute atomic E-state index is 0.0661. The van der Waals surface area contributed by atoms with Crippen molar-refractivity contribution in [3.8, 4) is 6.07 Å². The molecule has 2 unspecified atom stereocenters. The topological polar surface area (TPSA) is 70.8 Å². The molecule has 130 valence electrons. The quantitative estimate of drug-likeness (QED) is 0.734. The fraction of sp³-hybridized carbons (Fsp3) is 0.882. The fourth-order valence-corrected chi connectivity index (χ4v) is 3.25. The number of hydrogen-bond acceptors (Lipinski definition) is 5. The van der Waals surface area contributed by atoms with E-state index in [2.05, 4.69) is 24.8 Å². The van der Waals surface area contributed by atoms with Crippen LogP contribution in [0, 0.1) is 23.2 Å². The maximum absolute atomic E-state index is 12.4. The molecule has 0 spiro atoms. The second-order valence-corrected chi connectivity index (χ2v) is 7.34. The summed E-state index contributed by atoms with van der Waals surface area (Å²) < 4.78 is 0. The molecule has 6 nitrogen and oxygen atoms in total. The zero-order chi connectivity index (χ0) is 17.0. The molecule has 6 heteroatoms. The first-order valence-corrected chi connectivity index (χ1v) is 8.70. The van der Waals surface area contributed by atoms with Crippen molar-refractivity contribution >= 4 is 5.91 Å². The van der Waals surface area contributed by atoms with E-state index in [-0.39, 0.29) is 18.1 Å². The molecular formula is C17H30N4O2. The van der Waals surface area contributed by atoms with Crippen LogP contribution in [0.15, 0.2) is 0 Å². The third kappa shape index (κ3) is 5.17. The zero-order valence-electron chi connectivity index (χ0n) is 14.6. The summed E-state index contributed by atoms with van der Waals surface area (Å²) >= 11 is 0. The van der Waals surface area contributed by atoms with Crippen LogP contribution in [-0.2, 0) is 4.79 Å². The van der Waals surface area contributed by atoms with E-state index in [0.717, 1.165) is 25.9 Å². The maximum atomic E-state index is 12.4. The minimum Gasteiger partial charge on any atom is -0.392 e. The van der Waals surface area contributed by atoms with Crippen LogP contribution in [0.4, 0.5) is 0 Å². The molecule has 0 aromatic rings. The van der Waals surface area contributed by atoms with Crippen LogP contribution in [0.3, 0.4) is 0 Å². The van der Waals surface area contributed by atoms with E-state index in [1.807, 2.05) is 16.8 Å². The summed E-state index contributed by atoms with van der Waals surface area (Å²) in [5.74, 6) is 0.862. The van der Waals surface area contributed by atoms with Gasteiger partial charge in [0.1, 0.15) is 6.04 Å². The van der Waals surface area contributed by atoms with E-state index in [0.29, 0.717) is 38.0 Å². The molecule has 2 atom stereocenters. The molecule has 0 radical (unpaired) electrons. The molecule has 2 fully saturated rings. The molecule has 2 aliphatic rings. The van der Waals surface area contributed by atoms with Crippen LogP contribution in [-0.4, -0.2) is 84.2 Å². The van der Waals surface area contributed by atoms with Gasteiger partial charge in [-0.25, -0.2) is 0 Å². The van der Waals surface area contributed by atoms with E-state index in [4.69, 9.17) is 0 Å². The summed E-state index contributed by atoms with van der Waals surface area (Å²) in [6.45, 7) is 7.94. The Morgan fingerprint density at radius 2 is 1.91 bits per heavy atom. The first kappa shape index (κ1) is 18.2. The summed E-state index contributed by atoms with van der Waals surface area (Å²) in [6, 6.07) is 2.31. The van der Waals surface area contributed by atoms with Gasteiger partial charge in [-0.05, 0) is 31.7 Å². The third-order valence-electron chi connectivity index (χ3n) is 4.89. The van der Waals surface area contributed by atoms with Crippen molar-refractivity contribution in [2.45, 2.75) is 38.8 Å². The summed E-state index contributed by atoms with van der Waals surface area (Å²) in [6.07, 6.45) is 1.92. The molecule has 1 heterocycles. The second-order valence-electron chi connectivity index (χ2n) is 7.34. The van der Waals surface area contributed by atoms with Crippen LogP contribution in [0.5, 0.6) is 0 Å². The van der Waals surface area contributed by atoms with Crippen LogP contribution in [0.25, 0.3) is 0 Å². The number of carbonyl (C=O) groups is 1. The van der Waals surface area contributed by atoms with Gasteiger partial charge < -0.3 is 10.0 Å². The number of aliphatic hydroxyl groups excluding tert-OH is 1. The van der Waals surface area contributed by atoms with Gasteiger partial charge in [0, 0.05) is 32.7 Å². The Balaban J connectivity index is 1.73. The largest absolute Gasteiger partial charge is 0.392 e. The number of rotatable bonds is 7. The molecule has 1 N–H and O–H groups in total. The molecule has 1 aliphatic carbocycles. The monoisotopic (exact) mass is 322 g/mol. The number of hydrogen-bond donors (Lipinski definition) is 1. The highest BCUT2D eigenvalue weighted by Crippen LogP contribution is 2.32. The smallest absolute Gasteiger partial charge is 0.236 e. The molecule has 2 rings (SSSR count). The van der Waals surface area contributed by atoms with Gasteiger partial charge in [0.2, 0.25) is 5.91 Å². The Hall–Kier alpha value is -1.16. The van der Waals surface area contributed by atoms with Crippen molar-refractivity contribution in [1.29, 1.82) is 5.26 Å². The molecule has 23 heavy (non-hydrogen) atoms. The Morgan fingerprint density at radius 1 is 1.30 bits per heavy atom. The Kier molecular flexibility index (Phi) is 6.40. The fourth-order valence-electron chi connectivity index (χ4n) is 3.25. The number of carbonyl (C=O) groups excluding carboxylic acids is 1. The lowest BCUT2D eigenvalue weighted by atomic mass is 10.0. The third-order valence-corrected chi connectivity index (χ3v) is 4.89. The van der Waals surface area contributed by atoms with Crippen LogP contribution < -0.4 is 0 Å². The molecule has 1 saturated heterocycles. The Bertz CT molecular complexity index is 436. The number of piperazine rings is 1. The van der Waals surface area contributed by atoms with E-state index in [1.165, 1.54) is 0 Å². The van der Waals surface area contributed by atoms with Gasteiger partial charge >= 0.3 is 0 Å². The van der Waals surface area contributed by atoms with E-state index >= 15 is 0 Å². The normalized spacial score (nSPS) is 22.2. The number of nitrogens with zero attached hydrogens (tertiary/aromatic N) is 4. The lowest BCUT2D eigenvalue weighted by molar-refractivity contribution is -0.134. The Morgan fingerprint density at radius 3 is 2.39 bits per heavy atom. The summed E-state index contributed by atoms with van der Waals surface area (Å²) in [7, 11) is 1.89. The lowest BCUT2D eigenvalue weighted by Crippen LogP contribution is -2.54. The highest BCUT2D eigenvalue weighted by molar-refractivity contribution is 5.78. The van der Waals surface area contributed by atoms with Gasteiger partial charge in [-0.2, -0.15) is 5.26 Å². The van der Waals surface area contributed by atoms with Gasteiger partial charge in [-0.1, -0.05) is 13.8 Å². The molecule has 0 aromatic carbocycles. The van der Waals surface area contributed by atoms with Gasteiger partial charge in [-0.15, -0.1) is 0 Å². The number of aliphatic hydroxyl groups is 1. The van der Waals surface area contributed by atoms with E-state index in [1.54, 1.807) is 0 Å². The van der Waals surface area contributed by atoms with Crippen molar-refractivity contribution in [3.05, 3.63) is 0 Å². The lowest BCUT2D eigenvalue weighted by Gasteiger charge is -2.38. The first-order chi connectivity index (χ1) is 10.9. The van der Waals surface area contributed by atoms with Crippen molar-refractivity contribution in [2.75, 3.05) is 46.3 Å². The molecule has 1 amide bonds. The maximum Gasteiger partial charge on any atom is 0.236 e. The SMILES string of the molecule is CC(C)C(C#N)N1CCN(C(=O)CN(C)CC(O)C2CC2)CC1. The number of likely N-dealkylation sites (N-methyl/N-ethyl adjacent to an activating group) is 1. The standard InChI is InChI=1S/C17H30N4O2/c1-13(2)15(10-18)20-6-8-21(9-7-20)17(23)12-19(3)11-16(22)14-4-5-14/h13-16,22H,4-9,11-12H2,1-3H3. The van der Waals surface area contributed by atoms with Crippen molar-refractivity contribution in [3.63, 3.8) is 0 Å². The predicted octanol–water partition coefficient (Wildman–Crippen LogP) is 0.381. The van der Waals surface area contributed by atoms with Crippen molar-refractivity contribution in [1.82, 2.24) is 14.7 Å². The van der Waals surface area contributed by atoms with Gasteiger partial charge in [-0.3, -0.25) is 14.6 Å². The minimum atomic E-state index is -0.299. The van der Waals surface area contributed by atoms with Gasteiger partial charge in [0.15, 0.2) is 0 Å². The van der Waals surface area contributed by atoms with Crippen molar-refractivity contribution < 1.29 is 9.90 Å². The van der Waals surface area contributed by atoms with Crippen LogP contribution in [0.2, 0.25) is 0 Å². The zero-order valence-corrected chi connectivity index (χ0v) is 14.6. The van der Waals surface area contributed by atoms with Gasteiger partial charge in [0.25, 0.3) is 0 Å². The average molecular weight is 322 g/mol. The first-order valence-electron chi connectivity index (χ1n) is 8.70. The van der Waals surface area contributed by atoms with Crippen molar-refractivity contribution in [2.24, 2.45) is 11.8 Å². The van der Waals surface area contributed by atoms with E-state index in [9.17, 15) is 15.2 Å². The Labute approximate surface area is 139 Å². The van der Waals surface area contributed by atoms with Crippen LogP contribution >= 0.6 is 0 Å². The van der Waals surface area contributed by atoms with E-state index < -0.39 is 0 Å². The predicted molar refractivity (Wildman–Crippen MR) is 88.6 cm³/mol. The molecule has 1 aliphatic heterocycles. The van der Waals surface area contributed by atoms with Crippen LogP contribution in [0.1, 0.15) is 26.7 Å². The molecule has 1 saturated carbocycles. The highest BCUT2D eigenvalue weighted by atomic mass is 16.3. The molecule has 0 bridgehead atoms. The number of nitriles is 1. The van der Waals surface area contributed by atoms with Gasteiger partial charge in [0.05, 0.1) is 18.7 Å². The summed E-state index contributed by atoms with van der Waals surface area (Å²) in [5.41, 5.74) is 0. The molecular weight excluding hydrogens is 292 g/mol. The summed E-state index contributed by atoms with van der Waals surface area (Å²) in [5, 5.41) is 19.2. The highest BCUT2D eigenvalue weighted by Gasteiger charge is 2.31. The summed E-state index contributed by atoms with van der Waals surface area (Å²) in [4.78, 5) is 18.4. The molecule has 0 aromatic heterocycles. The second kappa shape index (κ2) is 8.09. The number of amides is 1.